The second kappa shape index (κ2) is 7.35. The number of benzene rings is 2. The summed E-state index contributed by atoms with van der Waals surface area (Å²) in [6.45, 7) is -0.399. The van der Waals surface area contributed by atoms with Gasteiger partial charge in [-0.25, -0.2) is 15.0 Å². The summed E-state index contributed by atoms with van der Waals surface area (Å²) < 4.78 is 7.20. The molecule has 1 aliphatic carbocycles. The van der Waals surface area contributed by atoms with Gasteiger partial charge in [-0.1, -0.05) is 48.5 Å². The summed E-state index contributed by atoms with van der Waals surface area (Å²) in [5, 5.41) is 33.4. The molecule has 162 valence electrons. The van der Waals surface area contributed by atoms with E-state index in [1.807, 2.05) is 24.3 Å². The molecule has 1 saturated heterocycles. The van der Waals surface area contributed by atoms with Crippen LogP contribution in [0.4, 0.5) is 5.82 Å². The zero-order valence-electron chi connectivity index (χ0n) is 16.9. The number of hydrogen-bond acceptors (Lipinski definition) is 8. The Balaban J connectivity index is 1.39. The molecule has 9 heteroatoms. The molecule has 32 heavy (non-hydrogen) atoms. The van der Waals surface area contributed by atoms with Crippen LogP contribution in [0.15, 0.2) is 61.2 Å². The standard InChI is InChI=1S/C23H21N5O4/c29-9-16-19(30)20(31)23(32-16)28-11-26-18-21(24-10-25-22(18)28)27-17-14-7-3-1-5-12(14)13-6-2-4-8-15(13)17/h1-8,10-11,16-17,19-20,23,29-31H,9H2,(H,24,25,27). The third-order valence-corrected chi connectivity index (χ3v) is 6.26. The first-order valence-electron chi connectivity index (χ1n) is 10.4. The summed E-state index contributed by atoms with van der Waals surface area (Å²) in [6, 6.07) is 16.4. The summed E-state index contributed by atoms with van der Waals surface area (Å²) in [4.78, 5) is 13.2. The van der Waals surface area contributed by atoms with Crippen LogP contribution < -0.4 is 5.32 Å². The van der Waals surface area contributed by atoms with Crippen LogP contribution >= 0.6 is 0 Å². The third-order valence-electron chi connectivity index (χ3n) is 6.26. The Morgan fingerprint density at radius 1 is 0.906 bits per heavy atom. The zero-order valence-corrected chi connectivity index (χ0v) is 16.9. The van der Waals surface area contributed by atoms with Gasteiger partial charge < -0.3 is 25.4 Å². The Morgan fingerprint density at radius 3 is 2.25 bits per heavy atom. The van der Waals surface area contributed by atoms with Crippen LogP contribution in [-0.4, -0.2) is 59.8 Å². The number of hydrogen-bond donors (Lipinski definition) is 4. The van der Waals surface area contributed by atoms with Crippen molar-refractivity contribution in [2.24, 2.45) is 0 Å². The smallest absolute Gasteiger partial charge is 0.167 e. The van der Waals surface area contributed by atoms with Gasteiger partial charge >= 0.3 is 0 Å². The minimum Gasteiger partial charge on any atom is -0.394 e. The predicted molar refractivity (Wildman–Crippen MR) is 116 cm³/mol. The van der Waals surface area contributed by atoms with Crippen LogP contribution in [0.25, 0.3) is 22.3 Å². The van der Waals surface area contributed by atoms with Gasteiger partial charge in [0.25, 0.3) is 0 Å². The van der Waals surface area contributed by atoms with Crippen LogP contribution in [0.2, 0.25) is 0 Å². The average molecular weight is 431 g/mol. The van der Waals surface area contributed by atoms with Gasteiger partial charge in [-0.05, 0) is 22.3 Å². The molecule has 0 amide bonds. The molecule has 2 aromatic heterocycles. The van der Waals surface area contributed by atoms with E-state index in [4.69, 9.17) is 4.74 Å². The van der Waals surface area contributed by atoms with Crippen molar-refractivity contribution in [3.05, 3.63) is 72.3 Å². The van der Waals surface area contributed by atoms with E-state index in [-0.39, 0.29) is 6.04 Å². The highest BCUT2D eigenvalue weighted by molar-refractivity contribution is 5.85. The number of imidazole rings is 1. The average Bonchev–Trinajstić information content (AvgIpc) is 3.48. The number of anilines is 1. The van der Waals surface area contributed by atoms with Crippen molar-refractivity contribution in [1.29, 1.82) is 0 Å². The molecule has 2 aromatic carbocycles. The highest BCUT2D eigenvalue weighted by atomic mass is 16.6. The van der Waals surface area contributed by atoms with Gasteiger partial charge in [0.05, 0.1) is 19.0 Å². The summed E-state index contributed by atoms with van der Waals surface area (Å²) in [5.41, 5.74) is 5.65. The van der Waals surface area contributed by atoms with Crippen molar-refractivity contribution in [1.82, 2.24) is 19.5 Å². The first-order chi connectivity index (χ1) is 15.7. The van der Waals surface area contributed by atoms with E-state index >= 15 is 0 Å². The van der Waals surface area contributed by atoms with Crippen molar-refractivity contribution in [2.45, 2.75) is 30.6 Å². The number of aliphatic hydroxyl groups excluding tert-OH is 3. The molecule has 1 aliphatic heterocycles. The monoisotopic (exact) mass is 431 g/mol. The SMILES string of the molecule is OCC1OC(n2cnc3c(NC4c5ccccc5-c5ccccc54)ncnc32)C(O)C1O. The Kier molecular flexibility index (Phi) is 4.44. The fourth-order valence-electron chi connectivity index (χ4n) is 4.70. The van der Waals surface area contributed by atoms with Crippen LogP contribution in [0, 0.1) is 0 Å². The van der Waals surface area contributed by atoms with Crippen LogP contribution in [-0.2, 0) is 4.74 Å². The Labute approximate surface area is 183 Å². The lowest BCUT2D eigenvalue weighted by molar-refractivity contribution is -0.0511. The van der Waals surface area contributed by atoms with Crippen molar-refractivity contribution < 1.29 is 20.1 Å². The molecule has 6 rings (SSSR count). The van der Waals surface area contributed by atoms with Crippen molar-refractivity contribution in [2.75, 3.05) is 11.9 Å². The molecular formula is C23H21N5O4. The molecule has 4 atom stereocenters. The van der Waals surface area contributed by atoms with Crippen LogP contribution in [0.5, 0.6) is 0 Å². The Morgan fingerprint density at radius 2 is 1.59 bits per heavy atom. The number of ether oxygens (including phenoxy) is 1. The van der Waals surface area contributed by atoms with E-state index in [0.29, 0.717) is 17.0 Å². The summed E-state index contributed by atoms with van der Waals surface area (Å²) in [5.74, 6) is 0.553. The number of nitrogens with one attached hydrogen (secondary N) is 1. The second-order valence-corrected chi connectivity index (χ2v) is 8.03. The van der Waals surface area contributed by atoms with Crippen LogP contribution in [0.1, 0.15) is 23.4 Å². The maximum absolute atomic E-state index is 10.4. The highest BCUT2D eigenvalue weighted by Gasteiger charge is 2.44. The van der Waals surface area contributed by atoms with Gasteiger partial charge in [0.1, 0.15) is 24.6 Å². The number of aromatic nitrogens is 4. The fourth-order valence-corrected chi connectivity index (χ4v) is 4.70. The Hall–Kier alpha value is -3.37. The molecule has 0 spiro atoms. The van der Waals surface area contributed by atoms with Gasteiger partial charge in [0, 0.05) is 0 Å². The molecule has 0 bridgehead atoms. The molecule has 4 aromatic rings. The van der Waals surface area contributed by atoms with Crippen LogP contribution in [0.3, 0.4) is 0 Å². The number of fused-ring (bicyclic) bond motifs is 4. The molecular weight excluding hydrogens is 410 g/mol. The predicted octanol–water partition coefficient (Wildman–Crippen LogP) is 1.62. The molecule has 1 fully saturated rings. The largest absolute Gasteiger partial charge is 0.394 e. The molecule has 3 heterocycles. The molecule has 2 aliphatic rings. The highest BCUT2D eigenvalue weighted by Crippen LogP contribution is 2.45. The fraction of sp³-hybridized carbons (Fsp3) is 0.261. The van der Waals surface area contributed by atoms with E-state index in [1.54, 1.807) is 4.57 Å². The van der Waals surface area contributed by atoms with E-state index < -0.39 is 31.1 Å². The lowest BCUT2D eigenvalue weighted by Gasteiger charge is -2.18. The zero-order chi connectivity index (χ0) is 21.8. The van der Waals surface area contributed by atoms with Gasteiger partial charge in [0.15, 0.2) is 23.2 Å². The summed E-state index contributed by atoms with van der Waals surface area (Å²) in [6.07, 6.45) is -1.28. The molecule has 4 N–H and O–H groups in total. The van der Waals surface area contributed by atoms with Crippen molar-refractivity contribution in [3.63, 3.8) is 0 Å². The molecule has 0 radical (unpaired) electrons. The lowest BCUT2D eigenvalue weighted by atomic mass is 10.1. The normalized spacial score (nSPS) is 24.6. The van der Waals surface area contributed by atoms with E-state index in [2.05, 4.69) is 44.5 Å². The minimum absolute atomic E-state index is 0.0976. The lowest BCUT2D eigenvalue weighted by Crippen LogP contribution is -2.33. The van der Waals surface area contributed by atoms with Gasteiger partial charge in [-0.15, -0.1) is 0 Å². The number of nitrogens with zero attached hydrogens (tertiary/aromatic N) is 4. The van der Waals surface area contributed by atoms with Gasteiger partial charge in [0.2, 0.25) is 0 Å². The topological polar surface area (TPSA) is 126 Å². The minimum atomic E-state index is -1.22. The Bertz CT molecular complexity index is 1260. The van der Waals surface area contributed by atoms with Gasteiger partial charge in [-0.2, -0.15) is 0 Å². The maximum atomic E-state index is 10.4. The van der Waals surface area contributed by atoms with E-state index in [0.717, 1.165) is 11.1 Å². The number of rotatable bonds is 4. The maximum Gasteiger partial charge on any atom is 0.167 e. The van der Waals surface area contributed by atoms with Crippen molar-refractivity contribution in [3.8, 4) is 11.1 Å². The van der Waals surface area contributed by atoms with E-state index in [9.17, 15) is 15.3 Å². The first kappa shape index (κ1) is 19.3. The third kappa shape index (κ3) is 2.76. The first-order valence-corrected chi connectivity index (χ1v) is 10.4. The summed E-state index contributed by atoms with van der Waals surface area (Å²) in [7, 11) is 0. The molecule has 4 unspecified atom stereocenters. The summed E-state index contributed by atoms with van der Waals surface area (Å²) >= 11 is 0. The molecule has 0 saturated carbocycles. The molecule has 9 nitrogen and oxygen atoms in total. The second-order valence-electron chi connectivity index (χ2n) is 8.03. The number of aliphatic hydroxyl groups is 3. The van der Waals surface area contributed by atoms with Crippen molar-refractivity contribution >= 4 is 17.0 Å². The quantitative estimate of drug-likeness (QED) is 0.384. The van der Waals surface area contributed by atoms with E-state index in [1.165, 1.54) is 23.8 Å². The van der Waals surface area contributed by atoms with Gasteiger partial charge in [-0.3, -0.25) is 4.57 Å².